The van der Waals surface area contributed by atoms with Crippen LogP contribution in [0, 0.1) is 11.3 Å². The normalized spacial score (nSPS) is 51.2. The molecular formula is C9H12CrO2. The van der Waals surface area contributed by atoms with Crippen LogP contribution >= 0.6 is 0 Å². The molecule has 3 heteroatoms. The summed E-state index contributed by atoms with van der Waals surface area (Å²) in [6.07, 6.45) is 4.20. The molecule has 3 unspecified atom stereocenters. The van der Waals surface area contributed by atoms with Crippen molar-refractivity contribution in [3.8, 4) is 0 Å². The van der Waals surface area contributed by atoms with Gasteiger partial charge in [-0.1, -0.05) is 0 Å². The molecule has 0 aromatic carbocycles. The van der Waals surface area contributed by atoms with Gasteiger partial charge in [0.25, 0.3) is 0 Å². The van der Waals surface area contributed by atoms with E-state index in [1.54, 1.807) is 0 Å². The van der Waals surface area contributed by atoms with Crippen LogP contribution in [0.15, 0.2) is 0 Å². The molecule has 1 saturated carbocycles. The van der Waals surface area contributed by atoms with E-state index in [0.717, 1.165) is 30.1 Å². The van der Waals surface area contributed by atoms with Gasteiger partial charge in [-0.2, -0.15) is 0 Å². The molecule has 3 fully saturated rings. The van der Waals surface area contributed by atoms with Crippen LogP contribution in [0.4, 0.5) is 0 Å². The third-order valence-corrected chi connectivity index (χ3v) is 4.39. The molecule has 12 heavy (non-hydrogen) atoms. The van der Waals surface area contributed by atoms with E-state index < -0.39 is 0 Å². The van der Waals surface area contributed by atoms with Crippen LogP contribution in [0.3, 0.4) is 0 Å². The Morgan fingerprint density at radius 1 is 1.42 bits per heavy atom. The van der Waals surface area contributed by atoms with Gasteiger partial charge in [-0.3, -0.25) is 0 Å². The monoisotopic (exact) mass is 204 g/mol. The van der Waals surface area contributed by atoms with Crippen LogP contribution in [-0.4, -0.2) is 23.9 Å². The summed E-state index contributed by atoms with van der Waals surface area (Å²) in [7, 11) is 0. The summed E-state index contributed by atoms with van der Waals surface area (Å²) in [6.45, 7) is 1.85. The Bertz CT molecular complexity index is 241. The van der Waals surface area contributed by atoms with E-state index in [-0.39, 0.29) is 0 Å². The van der Waals surface area contributed by atoms with Crippen LogP contribution in [0.25, 0.3) is 0 Å². The molecule has 66 valence electrons. The second kappa shape index (κ2) is 2.42. The van der Waals surface area contributed by atoms with Gasteiger partial charge in [0.05, 0.1) is 0 Å². The molecular weight excluding hydrogens is 192 g/mol. The van der Waals surface area contributed by atoms with Crippen molar-refractivity contribution in [2.45, 2.75) is 25.4 Å². The molecule has 1 aliphatic carbocycles. The molecule has 1 spiro atoms. The van der Waals surface area contributed by atoms with Gasteiger partial charge >= 0.3 is 79.8 Å². The van der Waals surface area contributed by atoms with Crippen molar-refractivity contribution in [1.82, 2.24) is 0 Å². The van der Waals surface area contributed by atoms with Gasteiger partial charge in [-0.05, 0) is 0 Å². The molecule has 2 aliphatic heterocycles. The van der Waals surface area contributed by atoms with Crippen LogP contribution in [0.2, 0.25) is 0 Å². The van der Waals surface area contributed by atoms with E-state index >= 15 is 0 Å². The molecule has 0 bridgehead atoms. The van der Waals surface area contributed by atoms with Gasteiger partial charge in [0.15, 0.2) is 0 Å². The first-order chi connectivity index (χ1) is 5.83. The summed E-state index contributed by atoms with van der Waals surface area (Å²) < 4.78 is 12.4. The maximum absolute atomic E-state index is 5.74. The molecule has 0 aromatic heterocycles. The molecule has 3 aliphatic rings. The Morgan fingerprint density at radius 2 is 2.33 bits per heavy atom. The summed E-state index contributed by atoms with van der Waals surface area (Å²) in [6, 6.07) is 0. The molecule has 0 amide bonds. The van der Waals surface area contributed by atoms with E-state index in [1.165, 1.54) is 12.8 Å². The topological polar surface area (TPSA) is 18.5 Å². The van der Waals surface area contributed by atoms with Crippen LogP contribution in [0.1, 0.15) is 19.3 Å². The summed E-state index contributed by atoms with van der Waals surface area (Å²) in [5.41, 5.74) is 0.293. The van der Waals surface area contributed by atoms with E-state index in [9.17, 15) is 0 Å². The van der Waals surface area contributed by atoms with Gasteiger partial charge in [0.1, 0.15) is 0 Å². The van der Waals surface area contributed by atoms with E-state index in [0.29, 0.717) is 11.5 Å². The first kappa shape index (κ1) is 7.70. The zero-order valence-corrected chi connectivity index (χ0v) is 8.19. The van der Waals surface area contributed by atoms with Crippen molar-refractivity contribution in [3.05, 3.63) is 0 Å². The minimum absolute atomic E-state index is 0.293. The maximum atomic E-state index is 5.74. The van der Waals surface area contributed by atoms with Crippen LogP contribution < -0.4 is 0 Å². The van der Waals surface area contributed by atoms with Crippen molar-refractivity contribution >= 4 is 4.57 Å². The third kappa shape index (κ3) is 0.762. The number of ether oxygens (including phenoxy) is 2. The van der Waals surface area contributed by atoms with Gasteiger partial charge in [0, 0.05) is 0 Å². The van der Waals surface area contributed by atoms with Crippen LogP contribution in [-0.2, 0) is 25.3 Å². The van der Waals surface area contributed by atoms with E-state index in [2.05, 4.69) is 15.9 Å². The Kier molecular flexibility index (Phi) is 1.55. The molecule has 0 aromatic rings. The molecule has 3 atom stereocenters. The quantitative estimate of drug-likeness (QED) is 0.583. The van der Waals surface area contributed by atoms with Gasteiger partial charge < -0.3 is 0 Å². The standard InChI is InChI=1S/C9H12O2.Cr/c1-3-11-8-7(1)5-9(8)2-4-10-6-9;/h7-8H,1-5H2;. The van der Waals surface area contributed by atoms with Crippen molar-refractivity contribution in [2.24, 2.45) is 11.3 Å². The van der Waals surface area contributed by atoms with Gasteiger partial charge in [-0.15, -0.1) is 0 Å². The second-order valence-corrected chi connectivity index (χ2v) is 4.67. The summed E-state index contributed by atoms with van der Waals surface area (Å²) in [4.78, 5) is 0. The fourth-order valence-electron chi connectivity index (χ4n) is 2.89. The molecule has 2 heterocycles. The van der Waals surface area contributed by atoms with Gasteiger partial charge in [-0.25, -0.2) is 0 Å². The van der Waals surface area contributed by atoms with Crippen molar-refractivity contribution in [3.63, 3.8) is 0 Å². The Morgan fingerprint density at radius 3 is 3.00 bits per heavy atom. The molecule has 2 nitrogen and oxygen atoms in total. The first-order valence-corrected chi connectivity index (χ1v) is 5.25. The zero-order valence-electron chi connectivity index (χ0n) is 6.91. The molecule has 0 radical (unpaired) electrons. The number of rotatable bonds is 0. The SMILES string of the molecule is [Cr]=[C]1OCCC12CC1CCOC12. The summed E-state index contributed by atoms with van der Waals surface area (Å²) >= 11 is 3.06. The fourth-order valence-corrected chi connectivity index (χ4v) is 3.49. The predicted molar refractivity (Wildman–Crippen MR) is 40.5 cm³/mol. The number of hydrogen-bond donors (Lipinski definition) is 0. The Balaban J connectivity index is 1.89. The number of fused-ring (bicyclic) bond motifs is 2. The second-order valence-electron chi connectivity index (χ2n) is 4.09. The molecule has 0 N–H and O–H groups in total. The average Bonchev–Trinajstić information content (AvgIpc) is 2.55. The van der Waals surface area contributed by atoms with Crippen molar-refractivity contribution in [2.75, 3.05) is 13.2 Å². The van der Waals surface area contributed by atoms with E-state index in [1.807, 2.05) is 0 Å². The van der Waals surface area contributed by atoms with Crippen molar-refractivity contribution in [1.29, 1.82) is 0 Å². The molecule has 2 saturated heterocycles. The summed E-state index contributed by atoms with van der Waals surface area (Å²) in [5.74, 6) is 0.829. The fraction of sp³-hybridized carbons (Fsp3) is 0.889. The average molecular weight is 204 g/mol. The number of hydrogen-bond acceptors (Lipinski definition) is 2. The minimum atomic E-state index is 0.293. The van der Waals surface area contributed by atoms with E-state index in [4.69, 9.17) is 9.47 Å². The first-order valence-electron chi connectivity index (χ1n) is 4.62. The zero-order chi connectivity index (χ0) is 8.18. The third-order valence-electron chi connectivity index (χ3n) is 3.57. The predicted octanol–water partition coefficient (Wildman–Crippen LogP) is 0.879. The van der Waals surface area contributed by atoms with Crippen molar-refractivity contribution < 1.29 is 25.3 Å². The van der Waals surface area contributed by atoms with Gasteiger partial charge in [0.2, 0.25) is 0 Å². The summed E-state index contributed by atoms with van der Waals surface area (Å²) in [5, 5.41) is 0. The Labute approximate surface area is 80.2 Å². The Hall–Kier alpha value is 0.322. The molecule has 3 rings (SSSR count). The van der Waals surface area contributed by atoms with Crippen LogP contribution in [0.5, 0.6) is 0 Å².